The first-order valence-corrected chi connectivity index (χ1v) is 7.40. The summed E-state index contributed by atoms with van der Waals surface area (Å²) in [7, 11) is 0. The van der Waals surface area contributed by atoms with Gasteiger partial charge in [0.1, 0.15) is 0 Å². The van der Waals surface area contributed by atoms with E-state index in [0.717, 1.165) is 35.0 Å². The zero-order valence-corrected chi connectivity index (χ0v) is 13.3. The van der Waals surface area contributed by atoms with E-state index in [1.165, 1.54) is 0 Å². The van der Waals surface area contributed by atoms with Crippen LogP contribution in [0, 0.1) is 6.92 Å². The molecule has 94 valence electrons. The fourth-order valence-electron chi connectivity index (χ4n) is 1.47. The summed E-state index contributed by atoms with van der Waals surface area (Å²) < 4.78 is 1.03. The first-order chi connectivity index (χ1) is 8.00. The highest BCUT2D eigenvalue weighted by Gasteiger charge is 2.06. The second-order valence-corrected chi connectivity index (χ2v) is 6.56. The molecule has 0 saturated heterocycles. The van der Waals surface area contributed by atoms with Crippen molar-refractivity contribution in [3.63, 3.8) is 0 Å². The Kier molecular flexibility index (Phi) is 6.20. The number of rotatable bonds is 5. The van der Waals surface area contributed by atoms with Gasteiger partial charge in [0, 0.05) is 21.4 Å². The van der Waals surface area contributed by atoms with Crippen LogP contribution in [0.1, 0.15) is 35.7 Å². The summed E-state index contributed by atoms with van der Waals surface area (Å²) in [6, 6.07) is 5.64. The van der Waals surface area contributed by atoms with Crippen LogP contribution in [-0.4, -0.2) is 17.3 Å². The van der Waals surface area contributed by atoms with Crippen molar-refractivity contribution in [2.45, 2.75) is 31.5 Å². The summed E-state index contributed by atoms with van der Waals surface area (Å²) >= 11 is 6.91. The van der Waals surface area contributed by atoms with Gasteiger partial charge in [0.15, 0.2) is 0 Å². The van der Waals surface area contributed by atoms with Crippen LogP contribution in [0.15, 0.2) is 22.7 Å². The van der Waals surface area contributed by atoms with Crippen LogP contribution in [-0.2, 0) is 0 Å². The van der Waals surface area contributed by atoms with Crippen LogP contribution in [0.2, 0.25) is 0 Å². The van der Waals surface area contributed by atoms with Gasteiger partial charge in [-0.1, -0.05) is 38.8 Å². The van der Waals surface area contributed by atoms with Crippen LogP contribution >= 0.6 is 31.9 Å². The quantitative estimate of drug-likeness (QED) is 0.621. The number of hydrogen-bond acceptors (Lipinski definition) is 1. The molecule has 0 bridgehead atoms. The Hall–Kier alpha value is -0.350. The minimum Gasteiger partial charge on any atom is -0.352 e. The number of carbonyl (C=O) groups is 1. The number of amides is 1. The molecule has 1 N–H and O–H groups in total. The van der Waals surface area contributed by atoms with E-state index in [1.54, 1.807) is 0 Å². The van der Waals surface area contributed by atoms with Crippen molar-refractivity contribution >= 4 is 37.8 Å². The lowest BCUT2D eigenvalue weighted by molar-refractivity contribution is 0.0953. The van der Waals surface area contributed by atoms with E-state index in [4.69, 9.17) is 0 Å². The Balaban J connectivity index is 2.44. The molecule has 4 heteroatoms. The second kappa shape index (κ2) is 7.17. The molecule has 0 aliphatic rings. The molecule has 0 saturated carbocycles. The molecule has 0 aliphatic heterocycles. The molecular weight excluding hydrogens is 346 g/mol. The number of alkyl halides is 1. The first kappa shape index (κ1) is 14.7. The molecule has 1 aromatic rings. The minimum absolute atomic E-state index is 0.00262. The van der Waals surface area contributed by atoms with Gasteiger partial charge in [-0.05, 0) is 43.5 Å². The van der Waals surface area contributed by atoms with Crippen molar-refractivity contribution in [2.75, 3.05) is 6.54 Å². The monoisotopic (exact) mass is 361 g/mol. The van der Waals surface area contributed by atoms with Gasteiger partial charge in [0.05, 0.1) is 0 Å². The Morgan fingerprint density at radius 1 is 1.47 bits per heavy atom. The lowest BCUT2D eigenvalue weighted by Gasteiger charge is -2.07. The average Bonchev–Trinajstić information content (AvgIpc) is 2.27. The van der Waals surface area contributed by atoms with Gasteiger partial charge in [-0.2, -0.15) is 0 Å². The summed E-state index contributed by atoms with van der Waals surface area (Å²) in [5.74, 6) is 0.00262. The number of aryl methyl sites for hydroxylation is 1. The summed E-state index contributed by atoms with van der Waals surface area (Å²) in [5, 5.41) is 2.93. The van der Waals surface area contributed by atoms with Gasteiger partial charge in [0.2, 0.25) is 0 Å². The third kappa shape index (κ3) is 5.21. The molecule has 0 fully saturated rings. The van der Waals surface area contributed by atoms with Crippen LogP contribution < -0.4 is 5.32 Å². The minimum atomic E-state index is 0.00262. The molecule has 1 aromatic carbocycles. The van der Waals surface area contributed by atoms with Gasteiger partial charge in [-0.15, -0.1) is 0 Å². The highest BCUT2D eigenvalue weighted by Crippen LogP contribution is 2.17. The Morgan fingerprint density at radius 2 is 2.18 bits per heavy atom. The second-order valence-electron chi connectivity index (χ2n) is 4.14. The van der Waals surface area contributed by atoms with Gasteiger partial charge in [-0.3, -0.25) is 4.79 Å². The maximum Gasteiger partial charge on any atom is 0.251 e. The number of halogens is 2. The van der Waals surface area contributed by atoms with Gasteiger partial charge in [0.25, 0.3) is 5.91 Å². The van der Waals surface area contributed by atoms with Crippen LogP contribution in [0.4, 0.5) is 0 Å². The van der Waals surface area contributed by atoms with Crippen molar-refractivity contribution in [1.82, 2.24) is 5.32 Å². The van der Waals surface area contributed by atoms with Crippen LogP contribution in [0.5, 0.6) is 0 Å². The number of hydrogen-bond donors (Lipinski definition) is 1. The molecule has 17 heavy (non-hydrogen) atoms. The maximum atomic E-state index is 11.8. The van der Waals surface area contributed by atoms with E-state index in [1.807, 2.05) is 25.1 Å². The van der Waals surface area contributed by atoms with E-state index in [9.17, 15) is 4.79 Å². The zero-order chi connectivity index (χ0) is 12.8. The van der Waals surface area contributed by atoms with Gasteiger partial charge < -0.3 is 5.32 Å². The van der Waals surface area contributed by atoms with E-state index < -0.39 is 0 Å². The fraction of sp³-hybridized carbons (Fsp3) is 0.462. The largest absolute Gasteiger partial charge is 0.352 e. The molecule has 0 radical (unpaired) electrons. The lowest BCUT2D eigenvalue weighted by Crippen LogP contribution is -2.24. The van der Waals surface area contributed by atoms with Crippen LogP contribution in [0.3, 0.4) is 0 Å². The van der Waals surface area contributed by atoms with E-state index in [2.05, 4.69) is 44.1 Å². The normalized spacial score (nSPS) is 12.2. The van der Waals surface area contributed by atoms with E-state index in [-0.39, 0.29) is 5.91 Å². The molecular formula is C13H17Br2NO. The highest BCUT2D eigenvalue weighted by molar-refractivity contribution is 9.10. The smallest absolute Gasteiger partial charge is 0.251 e. The third-order valence-electron chi connectivity index (χ3n) is 2.48. The number of nitrogens with one attached hydrogen (secondary N) is 1. The highest BCUT2D eigenvalue weighted by atomic mass is 79.9. The van der Waals surface area contributed by atoms with E-state index >= 15 is 0 Å². The standard InChI is InChI=1S/C13H17Br2NO/c1-9-8-11(5-6-12(9)15)13(17)16-7-3-4-10(2)14/h5-6,8,10H,3-4,7H2,1-2H3,(H,16,17). The fourth-order valence-corrected chi connectivity index (χ4v) is 2.04. The van der Waals surface area contributed by atoms with Crippen molar-refractivity contribution in [1.29, 1.82) is 0 Å². The van der Waals surface area contributed by atoms with Gasteiger partial charge >= 0.3 is 0 Å². The molecule has 1 rings (SSSR count). The van der Waals surface area contributed by atoms with Crippen molar-refractivity contribution in [2.24, 2.45) is 0 Å². The zero-order valence-electron chi connectivity index (χ0n) is 10.1. The maximum absolute atomic E-state index is 11.8. The number of carbonyl (C=O) groups excluding carboxylic acids is 1. The number of benzene rings is 1. The summed E-state index contributed by atoms with van der Waals surface area (Å²) in [5.41, 5.74) is 1.80. The molecule has 0 spiro atoms. The lowest BCUT2D eigenvalue weighted by atomic mass is 10.1. The van der Waals surface area contributed by atoms with Crippen molar-refractivity contribution in [3.8, 4) is 0 Å². The van der Waals surface area contributed by atoms with Crippen molar-refractivity contribution < 1.29 is 4.79 Å². The molecule has 0 heterocycles. The molecule has 0 aromatic heterocycles. The Labute approximate surface area is 119 Å². The van der Waals surface area contributed by atoms with Crippen LogP contribution in [0.25, 0.3) is 0 Å². The Morgan fingerprint density at radius 3 is 2.76 bits per heavy atom. The molecule has 2 nitrogen and oxygen atoms in total. The SMILES string of the molecule is Cc1cc(C(=O)NCCCC(C)Br)ccc1Br. The van der Waals surface area contributed by atoms with Gasteiger partial charge in [-0.25, -0.2) is 0 Å². The van der Waals surface area contributed by atoms with Crippen molar-refractivity contribution in [3.05, 3.63) is 33.8 Å². The Bertz CT molecular complexity index is 391. The predicted octanol–water partition coefficient (Wildman–Crippen LogP) is 4.05. The summed E-state index contributed by atoms with van der Waals surface area (Å²) in [6.07, 6.45) is 2.06. The molecule has 1 amide bonds. The molecule has 1 unspecified atom stereocenters. The molecule has 0 aliphatic carbocycles. The summed E-state index contributed by atoms with van der Waals surface area (Å²) in [6.45, 7) is 4.82. The molecule has 1 atom stereocenters. The first-order valence-electron chi connectivity index (χ1n) is 5.69. The topological polar surface area (TPSA) is 29.1 Å². The summed E-state index contributed by atoms with van der Waals surface area (Å²) in [4.78, 5) is 12.3. The van der Waals surface area contributed by atoms with E-state index in [0.29, 0.717) is 4.83 Å². The predicted molar refractivity (Wildman–Crippen MR) is 78.8 cm³/mol. The third-order valence-corrected chi connectivity index (χ3v) is 3.83. The average molecular weight is 363 g/mol.